The minimum Gasteiger partial charge on any atom is -0.508 e. The number of aliphatic hydroxyl groups excluding tert-OH is 1. The number of benzene rings is 1. The number of anilines is 1. The molecular formula is C24H38N4O3. The first-order valence-electron chi connectivity index (χ1n) is 11.1. The van der Waals surface area contributed by atoms with Crippen LogP contribution in [0.5, 0.6) is 11.5 Å². The van der Waals surface area contributed by atoms with E-state index < -0.39 is 0 Å². The molecule has 2 rings (SSSR count). The normalized spacial score (nSPS) is 12.2. The Bertz CT molecular complexity index is 821. The Morgan fingerprint density at radius 1 is 1.16 bits per heavy atom. The highest BCUT2D eigenvalue weighted by molar-refractivity contribution is 5.52. The number of phenolic OH excluding ortho intramolecular Hbond substituents is 1. The number of nitrogens with zero attached hydrogens (tertiary/aromatic N) is 3. The van der Waals surface area contributed by atoms with E-state index in [-0.39, 0.29) is 18.4 Å². The maximum Gasteiger partial charge on any atom is 0.133 e. The Labute approximate surface area is 186 Å². The van der Waals surface area contributed by atoms with Crippen LogP contribution in [0.1, 0.15) is 55.3 Å². The van der Waals surface area contributed by atoms with Crippen molar-refractivity contribution in [3.05, 3.63) is 40.8 Å². The molecule has 0 saturated carbocycles. The van der Waals surface area contributed by atoms with Gasteiger partial charge in [0.2, 0.25) is 0 Å². The first-order chi connectivity index (χ1) is 14.8. The SMILES string of the molecule is CCCC(CCO)Nc1nc(C)nc(C)c1Cc1ccc(OCCCN(C)C)cc1O. The van der Waals surface area contributed by atoms with Crippen molar-refractivity contribution in [1.82, 2.24) is 14.9 Å². The Balaban J connectivity index is 2.17. The molecule has 0 saturated heterocycles. The summed E-state index contributed by atoms with van der Waals surface area (Å²) in [5.41, 5.74) is 2.64. The zero-order valence-corrected chi connectivity index (χ0v) is 19.6. The van der Waals surface area contributed by atoms with Crippen LogP contribution in [0.25, 0.3) is 0 Å². The van der Waals surface area contributed by atoms with Gasteiger partial charge in [0.1, 0.15) is 23.1 Å². The molecule has 0 radical (unpaired) electrons. The first-order valence-corrected chi connectivity index (χ1v) is 11.1. The second kappa shape index (κ2) is 12.5. The Morgan fingerprint density at radius 3 is 2.58 bits per heavy atom. The van der Waals surface area contributed by atoms with Gasteiger partial charge in [-0.15, -0.1) is 0 Å². The molecule has 0 bridgehead atoms. The van der Waals surface area contributed by atoms with Gasteiger partial charge in [0.15, 0.2) is 0 Å². The van der Waals surface area contributed by atoms with Gasteiger partial charge in [-0.2, -0.15) is 0 Å². The van der Waals surface area contributed by atoms with E-state index in [9.17, 15) is 10.2 Å². The number of hydrogen-bond acceptors (Lipinski definition) is 7. The molecule has 172 valence electrons. The maximum atomic E-state index is 10.6. The van der Waals surface area contributed by atoms with E-state index >= 15 is 0 Å². The zero-order valence-electron chi connectivity index (χ0n) is 19.6. The summed E-state index contributed by atoms with van der Waals surface area (Å²) in [6.07, 6.45) is 4.08. The summed E-state index contributed by atoms with van der Waals surface area (Å²) in [6, 6.07) is 5.62. The van der Waals surface area contributed by atoms with Crippen LogP contribution in [0.3, 0.4) is 0 Å². The third kappa shape index (κ3) is 7.99. The molecule has 3 N–H and O–H groups in total. The van der Waals surface area contributed by atoms with E-state index in [0.29, 0.717) is 31.0 Å². The minimum atomic E-state index is 0.132. The zero-order chi connectivity index (χ0) is 22.8. The van der Waals surface area contributed by atoms with Gasteiger partial charge >= 0.3 is 0 Å². The average molecular weight is 431 g/mol. The van der Waals surface area contributed by atoms with Gasteiger partial charge in [0.25, 0.3) is 0 Å². The number of aryl methyl sites for hydroxylation is 2. The van der Waals surface area contributed by atoms with Crippen molar-refractivity contribution in [2.24, 2.45) is 0 Å². The van der Waals surface area contributed by atoms with Crippen LogP contribution in [-0.2, 0) is 6.42 Å². The van der Waals surface area contributed by atoms with Crippen LogP contribution in [0, 0.1) is 13.8 Å². The summed E-state index contributed by atoms with van der Waals surface area (Å²) in [4.78, 5) is 11.3. The molecule has 7 nitrogen and oxygen atoms in total. The number of hydrogen-bond donors (Lipinski definition) is 3. The standard InChI is InChI=1S/C24H38N4O3/c1-6-8-20(11-13-29)27-24-22(17(2)25-18(3)26-24)15-19-9-10-21(16-23(19)30)31-14-7-12-28(4)5/h9-10,16,20,29-30H,6-8,11-15H2,1-5H3,(H,25,26,27). The van der Waals surface area contributed by atoms with Crippen LogP contribution < -0.4 is 10.1 Å². The lowest BCUT2D eigenvalue weighted by molar-refractivity contribution is 0.276. The Hall–Kier alpha value is -2.38. The summed E-state index contributed by atoms with van der Waals surface area (Å²) in [5.74, 6) is 2.35. The molecule has 1 aromatic carbocycles. The summed E-state index contributed by atoms with van der Waals surface area (Å²) in [5, 5.41) is 23.5. The second-order valence-corrected chi connectivity index (χ2v) is 8.30. The van der Waals surface area contributed by atoms with Crippen molar-refractivity contribution in [2.45, 2.75) is 58.9 Å². The summed E-state index contributed by atoms with van der Waals surface area (Å²) < 4.78 is 5.76. The van der Waals surface area contributed by atoms with Gasteiger partial charge in [0, 0.05) is 42.9 Å². The summed E-state index contributed by atoms with van der Waals surface area (Å²) in [6.45, 7) is 7.68. The second-order valence-electron chi connectivity index (χ2n) is 8.30. The number of rotatable bonds is 13. The third-order valence-electron chi connectivity index (χ3n) is 5.22. The van der Waals surface area contributed by atoms with Gasteiger partial charge in [0.05, 0.1) is 6.61 Å². The molecule has 0 spiro atoms. The molecule has 0 fully saturated rings. The lowest BCUT2D eigenvalue weighted by atomic mass is 10.0. The maximum absolute atomic E-state index is 10.6. The van der Waals surface area contributed by atoms with Gasteiger partial charge in [-0.05, 0) is 58.8 Å². The molecule has 0 aliphatic rings. The Kier molecular flexibility index (Phi) is 10.0. The van der Waals surface area contributed by atoms with E-state index in [4.69, 9.17) is 4.74 Å². The van der Waals surface area contributed by atoms with Crippen molar-refractivity contribution in [3.8, 4) is 11.5 Å². The lowest BCUT2D eigenvalue weighted by Gasteiger charge is -2.21. The number of phenols is 1. The van der Waals surface area contributed by atoms with E-state index in [0.717, 1.165) is 48.4 Å². The quantitative estimate of drug-likeness (QED) is 0.418. The van der Waals surface area contributed by atoms with Crippen LogP contribution in [-0.4, -0.2) is 65.0 Å². The summed E-state index contributed by atoms with van der Waals surface area (Å²) in [7, 11) is 4.07. The number of aliphatic hydroxyl groups is 1. The van der Waals surface area contributed by atoms with E-state index in [1.165, 1.54) is 0 Å². The Morgan fingerprint density at radius 2 is 1.94 bits per heavy atom. The fourth-order valence-electron chi connectivity index (χ4n) is 3.60. The smallest absolute Gasteiger partial charge is 0.133 e. The van der Waals surface area contributed by atoms with Crippen molar-refractivity contribution >= 4 is 5.82 Å². The molecule has 1 aromatic heterocycles. The van der Waals surface area contributed by atoms with E-state index in [1.54, 1.807) is 6.07 Å². The fourth-order valence-corrected chi connectivity index (χ4v) is 3.60. The van der Waals surface area contributed by atoms with Crippen LogP contribution in [0.15, 0.2) is 18.2 Å². The lowest BCUT2D eigenvalue weighted by Crippen LogP contribution is -2.23. The van der Waals surface area contributed by atoms with E-state index in [1.807, 2.05) is 40.1 Å². The topological polar surface area (TPSA) is 90.7 Å². The van der Waals surface area contributed by atoms with E-state index in [2.05, 4.69) is 27.1 Å². The van der Waals surface area contributed by atoms with Crippen molar-refractivity contribution in [1.29, 1.82) is 0 Å². The minimum absolute atomic E-state index is 0.132. The molecule has 0 aliphatic heterocycles. The molecule has 0 amide bonds. The highest BCUT2D eigenvalue weighted by Crippen LogP contribution is 2.29. The van der Waals surface area contributed by atoms with Crippen molar-refractivity contribution < 1.29 is 14.9 Å². The summed E-state index contributed by atoms with van der Waals surface area (Å²) >= 11 is 0. The predicted molar refractivity (Wildman–Crippen MR) is 125 cm³/mol. The highest BCUT2D eigenvalue weighted by Gasteiger charge is 2.17. The highest BCUT2D eigenvalue weighted by atomic mass is 16.5. The molecular weight excluding hydrogens is 392 g/mol. The molecule has 1 atom stereocenters. The van der Waals surface area contributed by atoms with Gasteiger partial charge < -0.3 is 25.2 Å². The van der Waals surface area contributed by atoms with Crippen LogP contribution in [0.2, 0.25) is 0 Å². The van der Waals surface area contributed by atoms with Crippen molar-refractivity contribution in [3.63, 3.8) is 0 Å². The average Bonchev–Trinajstić information content (AvgIpc) is 2.69. The molecule has 0 aliphatic carbocycles. The van der Waals surface area contributed by atoms with Gasteiger partial charge in [-0.25, -0.2) is 9.97 Å². The molecule has 2 aromatic rings. The first kappa shape index (κ1) is 24.9. The van der Waals surface area contributed by atoms with Crippen molar-refractivity contribution in [2.75, 3.05) is 39.2 Å². The molecule has 31 heavy (non-hydrogen) atoms. The molecule has 1 heterocycles. The van der Waals surface area contributed by atoms with Gasteiger partial charge in [-0.1, -0.05) is 19.4 Å². The largest absolute Gasteiger partial charge is 0.508 e. The number of aromatic hydroxyl groups is 1. The monoisotopic (exact) mass is 430 g/mol. The number of ether oxygens (including phenoxy) is 1. The third-order valence-corrected chi connectivity index (χ3v) is 5.22. The molecule has 1 unspecified atom stereocenters. The van der Waals surface area contributed by atoms with Gasteiger partial charge in [-0.3, -0.25) is 0 Å². The molecule has 7 heteroatoms. The van der Waals surface area contributed by atoms with Crippen LogP contribution in [0.4, 0.5) is 5.82 Å². The number of nitrogens with one attached hydrogen (secondary N) is 1. The predicted octanol–water partition coefficient (Wildman–Crippen LogP) is 3.68. The number of aromatic nitrogens is 2. The van der Waals surface area contributed by atoms with Crippen LogP contribution >= 0.6 is 0 Å². The fraction of sp³-hybridized carbons (Fsp3) is 0.583.